The van der Waals surface area contributed by atoms with E-state index >= 15 is 0 Å². The molecular weight excluding hydrogens is 227 g/mol. The van der Waals surface area contributed by atoms with Crippen molar-refractivity contribution >= 4 is 41.0 Å². The van der Waals surface area contributed by atoms with E-state index in [0.29, 0.717) is 0 Å². The highest BCUT2D eigenvalue weighted by Gasteiger charge is 2.30. The van der Waals surface area contributed by atoms with E-state index in [2.05, 4.69) is 31.4 Å². The van der Waals surface area contributed by atoms with Crippen molar-refractivity contribution in [2.75, 3.05) is 0 Å². The maximum atomic E-state index is 5.72. The van der Waals surface area contributed by atoms with Crippen LogP contribution in [0, 0.1) is 0 Å². The van der Waals surface area contributed by atoms with Crippen LogP contribution >= 0.6 is 29.2 Å². The molecule has 0 aromatic carbocycles. The summed E-state index contributed by atoms with van der Waals surface area (Å²) < 4.78 is 3.64. The summed E-state index contributed by atoms with van der Waals surface area (Å²) in [6.07, 6.45) is 6.01. The van der Waals surface area contributed by atoms with Crippen LogP contribution in [-0.2, 0) is 16.3 Å². The first-order chi connectivity index (χ1) is 5.41. The molecule has 0 aromatic rings. The topological polar surface area (TPSA) is 9.23 Å². The highest BCUT2D eigenvalue weighted by Crippen LogP contribution is 2.61. The molecule has 1 nitrogen and oxygen atoms in total. The molecule has 0 aromatic heterocycles. The second-order valence-electron chi connectivity index (χ2n) is 3.59. The van der Waals surface area contributed by atoms with Crippen LogP contribution in [0.25, 0.3) is 0 Å². The van der Waals surface area contributed by atoms with Crippen molar-refractivity contribution in [2.45, 2.75) is 44.6 Å². The summed E-state index contributed by atoms with van der Waals surface area (Å²) in [5, 5.41) is 0. The summed E-state index contributed by atoms with van der Waals surface area (Å²) in [6, 6.07) is 0. The van der Waals surface area contributed by atoms with Crippen LogP contribution in [0.1, 0.15) is 39.0 Å². The first-order valence-corrected chi connectivity index (χ1v) is 9.20. The van der Waals surface area contributed by atoms with Crippen LogP contribution < -0.4 is 0 Å². The molecule has 0 N–H and O–H groups in total. The Morgan fingerprint density at radius 1 is 1.25 bits per heavy atom. The number of hydrogen-bond donors (Lipinski definition) is 2. The maximum Gasteiger partial charge on any atom is 0.169 e. The van der Waals surface area contributed by atoms with Gasteiger partial charge in [-0.05, 0) is 31.6 Å². The van der Waals surface area contributed by atoms with E-state index in [-0.39, 0.29) is 5.60 Å². The van der Waals surface area contributed by atoms with E-state index in [9.17, 15) is 0 Å². The lowest BCUT2D eigenvalue weighted by molar-refractivity contribution is 0.0672. The normalized spacial score (nSPS) is 23.9. The van der Waals surface area contributed by atoms with Gasteiger partial charge in [-0.2, -0.15) is 0 Å². The fraction of sp³-hybridized carbons (Fsp3) is 1.00. The van der Waals surface area contributed by atoms with Crippen LogP contribution in [0.15, 0.2) is 0 Å². The van der Waals surface area contributed by atoms with Crippen molar-refractivity contribution in [1.29, 1.82) is 0 Å². The second kappa shape index (κ2) is 4.22. The van der Waals surface area contributed by atoms with Gasteiger partial charge in [0.1, 0.15) is 0 Å². The Kier molecular flexibility index (Phi) is 4.01. The summed E-state index contributed by atoms with van der Waals surface area (Å²) in [4.78, 5) is 0. The molecule has 0 radical (unpaired) electrons. The lowest BCUT2D eigenvalue weighted by Gasteiger charge is -2.35. The average molecular weight is 242 g/mol. The van der Waals surface area contributed by atoms with E-state index in [1.807, 2.05) is 0 Å². The molecule has 1 rings (SSSR count). The molecule has 0 spiro atoms. The average Bonchev–Trinajstić information content (AvgIpc) is 1.83. The van der Waals surface area contributed by atoms with Gasteiger partial charge in [-0.25, -0.2) is 0 Å². The second-order valence-corrected chi connectivity index (χ2v) is 12.2. The largest absolute Gasteiger partial charge is 0.328 e. The molecule has 0 atom stereocenters. The quantitative estimate of drug-likeness (QED) is 0.563. The predicted molar refractivity (Wildman–Crippen MR) is 64.8 cm³/mol. The van der Waals surface area contributed by atoms with Crippen molar-refractivity contribution in [3.63, 3.8) is 0 Å². The third-order valence-corrected chi connectivity index (χ3v) is 3.64. The molecule has 0 bridgehead atoms. The van der Waals surface area contributed by atoms with E-state index in [1.165, 1.54) is 19.3 Å². The van der Waals surface area contributed by atoms with Gasteiger partial charge in [-0.1, -0.05) is 19.3 Å². The number of hydrogen-bond acceptors (Lipinski definition) is 2. The van der Waals surface area contributed by atoms with E-state index in [0.717, 1.165) is 12.8 Å². The van der Waals surface area contributed by atoms with Gasteiger partial charge in [-0.15, -0.1) is 24.5 Å². The van der Waals surface area contributed by atoms with Crippen LogP contribution in [0.4, 0.5) is 0 Å². The third kappa shape index (κ3) is 4.01. The zero-order valence-electron chi connectivity index (χ0n) is 7.19. The zero-order valence-corrected chi connectivity index (χ0v) is 10.7. The number of thiol groups is 2. The Bertz CT molecular complexity index is 195. The minimum Gasteiger partial charge on any atom is -0.328 e. The minimum absolute atomic E-state index is 0.0444. The minimum atomic E-state index is -2.08. The number of rotatable bonds is 2. The van der Waals surface area contributed by atoms with Gasteiger partial charge < -0.3 is 4.52 Å². The molecule has 12 heavy (non-hydrogen) atoms. The van der Waals surface area contributed by atoms with Crippen molar-refractivity contribution in [3.05, 3.63) is 0 Å². The summed E-state index contributed by atoms with van der Waals surface area (Å²) in [5.41, 5.74) is -0.0444. The molecule has 0 saturated heterocycles. The Hall–Kier alpha value is 1.31. The first kappa shape index (κ1) is 11.4. The highest BCUT2D eigenvalue weighted by atomic mass is 33.2. The molecular formula is C7H15OPS3. The Morgan fingerprint density at radius 3 is 2.17 bits per heavy atom. The van der Waals surface area contributed by atoms with Crippen LogP contribution in [-0.4, -0.2) is 5.60 Å². The Morgan fingerprint density at radius 2 is 1.75 bits per heavy atom. The van der Waals surface area contributed by atoms with Crippen LogP contribution in [0.2, 0.25) is 0 Å². The summed E-state index contributed by atoms with van der Waals surface area (Å²) in [7, 11) is 0. The zero-order chi connectivity index (χ0) is 9.24. The molecule has 0 unspecified atom stereocenters. The van der Waals surface area contributed by atoms with Gasteiger partial charge >= 0.3 is 0 Å². The molecule has 0 amide bonds. The molecule has 0 aliphatic heterocycles. The fourth-order valence-corrected chi connectivity index (χ4v) is 4.16. The van der Waals surface area contributed by atoms with Crippen molar-refractivity contribution in [3.8, 4) is 0 Å². The van der Waals surface area contributed by atoms with Gasteiger partial charge in [0.2, 0.25) is 0 Å². The van der Waals surface area contributed by atoms with E-state index in [4.69, 9.17) is 16.3 Å². The van der Waals surface area contributed by atoms with Crippen molar-refractivity contribution in [2.24, 2.45) is 0 Å². The molecule has 72 valence electrons. The molecule has 1 saturated carbocycles. The highest BCUT2D eigenvalue weighted by molar-refractivity contribution is 8.90. The summed E-state index contributed by atoms with van der Waals surface area (Å²) in [6.45, 7) is 2.12. The van der Waals surface area contributed by atoms with Gasteiger partial charge in [0.25, 0.3) is 0 Å². The molecule has 1 aliphatic rings. The maximum absolute atomic E-state index is 5.72. The summed E-state index contributed by atoms with van der Waals surface area (Å²) >= 11 is 13.4. The monoisotopic (exact) mass is 242 g/mol. The predicted octanol–water partition coefficient (Wildman–Crippen LogP) is 3.81. The van der Waals surface area contributed by atoms with Gasteiger partial charge in [0.05, 0.1) is 5.60 Å². The smallest absolute Gasteiger partial charge is 0.169 e. The first-order valence-electron chi connectivity index (χ1n) is 4.18. The molecule has 1 fully saturated rings. The van der Waals surface area contributed by atoms with Crippen LogP contribution in [0.3, 0.4) is 0 Å². The molecule has 1 aliphatic carbocycles. The van der Waals surface area contributed by atoms with Crippen molar-refractivity contribution in [1.82, 2.24) is 0 Å². The van der Waals surface area contributed by atoms with Gasteiger partial charge in [0, 0.05) is 0 Å². The third-order valence-electron chi connectivity index (χ3n) is 2.25. The summed E-state index contributed by atoms with van der Waals surface area (Å²) in [5.74, 6) is 0. The Labute approximate surface area is 90.1 Å². The van der Waals surface area contributed by atoms with Crippen molar-refractivity contribution < 1.29 is 4.52 Å². The molecule has 0 heterocycles. The molecule has 5 heteroatoms. The lowest BCUT2D eigenvalue weighted by atomic mass is 9.87. The Balaban J connectivity index is 2.53. The van der Waals surface area contributed by atoms with Gasteiger partial charge in [0.15, 0.2) is 4.67 Å². The SMILES string of the molecule is CC1(OP(=S)(S)S)CCCCC1. The standard InChI is InChI=1S/C7H15OPS3/c1-7(8-9(10,11)12)5-3-2-4-6-7/h2-6H2,1H3,(H2,10,11,12). The van der Waals surface area contributed by atoms with Gasteiger partial charge in [-0.3, -0.25) is 0 Å². The van der Waals surface area contributed by atoms with E-state index < -0.39 is 4.67 Å². The fourth-order valence-electron chi connectivity index (χ4n) is 1.68. The van der Waals surface area contributed by atoms with E-state index in [1.54, 1.807) is 0 Å². The lowest BCUT2D eigenvalue weighted by Crippen LogP contribution is -2.28. The van der Waals surface area contributed by atoms with Crippen LogP contribution in [0.5, 0.6) is 0 Å².